The van der Waals surface area contributed by atoms with Crippen LogP contribution in [0, 0.1) is 0 Å². The standard InChI is InChI=1S/C46H34N4O2/c51-45(49(31-39-23-11-19-35-15-3-7-27-43(35)39)47-29-37-21-9-17-33-13-1-5-25-41(33)37)46(52)50(32-40-24-12-20-36-16-4-8-28-44(36)40)48-30-38-22-10-18-34-14-2-6-26-42(34)38/h1-30H,31-32H2/b47-29+,48-30+. The van der Waals surface area contributed by atoms with Gasteiger partial charge in [0, 0.05) is 11.1 Å². The summed E-state index contributed by atoms with van der Waals surface area (Å²) < 4.78 is 0. The highest BCUT2D eigenvalue weighted by Crippen LogP contribution is 2.24. The largest absolute Gasteiger partial charge is 0.334 e. The molecule has 52 heavy (non-hydrogen) atoms. The van der Waals surface area contributed by atoms with Gasteiger partial charge in [-0.05, 0) is 54.2 Å². The van der Waals surface area contributed by atoms with Gasteiger partial charge < -0.3 is 0 Å². The highest BCUT2D eigenvalue weighted by Gasteiger charge is 2.28. The lowest BCUT2D eigenvalue weighted by atomic mass is 10.0. The number of carbonyl (C=O) groups is 2. The van der Waals surface area contributed by atoms with Crippen LogP contribution in [0.4, 0.5) is 0 Å². The molecule has 2 amide bonds. The fraction of sp³-hybridized carbons (Fsp3) is 0.0435. The average Bonchev–Trinajstić information content (AvgIpc) is 3.20. The third-order valence-electron chi connectivity index (χ3n) is 9.37. The molecule has 8 aromatic rings. The van der Waals surface area contributed by atoms with Gasteiger partial charge in [0.2, 0.25) is 0 Å². The number of benzene rings is 8. The number of carbonyl (C=O) groups excluding carboxylic acids is 2. The normalized spacial score (nSPS) is 11.6. The molecule has 0 aliphatic heterocycles. The van der Waals surface area contributed by atoms with Crippen molar-refractivity contribution < 1.29 is 9.59 Å². The highest BCUT2D eigenvalue weighted by molar-refractivity contribution is 6.35. The Morgan fingerprint density at radius 2 is 0.692 bits per heavy atom. The fourth-order valence-electron chi connectivity index (χ4n) is 6.72. The van der Waals surface area contributed by atoms with E-state index >= 15 is 0 Å². The minimum absolute atomic E-state index is 0.0857. The van der Waals surface area contributed by atoms with Crippen LogP contribution in [0.2, 0.25) is 0 Å². The van der Waals surface area contributed by atoms with E-state index in [9.17, 15) is 9.59 Å². The zero-order valence-electron chi connectivity index (χ0n) is 28.3. The van der Waals surface area contributed by atoms with Gasteiger partial charge in [0.05, 0.1) is 25.5 Å². The molecule has 0 spiro atoms. The van der Waals surface area contributed by atoms with Crippen LogP contribution in [-0.4, -0.2) is 34.3 Å². The Morgan fingerprint density at radius 1 is 0.385 bits per heavy atom. The third kappa shape index (κ3) is 6.65. The van der Waals surface area contributed by atoms with Crippen LogP contribution in [0.15, 0.2) is 180 Å². The number of amides is 2. The van der Waals surface area contributed by atoms with Crippen LogP contribution in [0.25, 0.3) is 43.1 Å². The summed E-state index contributed by atoms with van der Waals surface area (Å²) in [5, 5.41) is 20.1. The molecule has 0 atom stereocenters. The number of nitrogens with zero attached hydrogens (tertiary/aromatic N) is 4. The first-order chi connectivity index (χ1) is 25.6. The van der Waals surface area contributed by atoms with Gasteiger partial charge in [0.1, 0.15) is 0 Å². The van der Waals surface area contributed by atoms with Crippen molar-refractivity contribution in [1.29, 1.82) is 0 Å². The molecule has 8 aromatic carbocycles. The summed E-state index contributed by atoms with van der Waals surface area (Å²) in [5.74, 6) is -1.58. The van der Waals surface area contributed by atoms with E-state index in [1.807, 2.05) is 170 Å². The third-order valence-corrected chi connectivity index (χ3v) is 9.37. The van der Waals surface area contributed by atoms with Gasteiger partial charge in [-0.1, -0.05) is 170 Å². The van der Waals surface area contributed by atoms with Gasteiger partial charge in [-0.3, -0.25) is 9.59 Å². The number of hydrazone groups is 2. The molecule has 0 saturated heterocycles. The van der Waals surface area contributed by atoms with Gasteiger partial charge in [-0.2, -0.15) is 10.2 Å². The summed E-state index contributed by atoms with van der Waals surface area (Å²) in [6.07, 6.45) is 3.32. The maximum atomic E-state index is 14.5. The van der Waals surface area contributed by atoms with Gasteiger partial charge in [0.15, 0.2) is 0 Å². The van der Waals surface area contributed by atoms with Gasteiger partial charge in [-0.15, -0.1) is 0 Å². The maximum absolute atomic E-state index is 14.5. The van der Waals surface area contributed by atoms with Crippen LogP contribution in [0.3, 0.4) is 0 Å². The summed E-state index contributed by atoms with van der Waals surface area (Å²) in [7, 11) is 0. The van der Waals surface area contributed by atoms with Crippen molar-refractivity contribution in [3.05, 3.63) is 192 Å². The lowest BCUT2D eigenvalue weighted by Crippen LogP contribution is -2.41. The molecule has 0 aromatic heterocycles. The number of hydrogen-bond donors (Lipinski definition) is 0. The minimum Gasteiger partial charge on any atom is -0.261 e. The van der Waals surface area contributed by atoms with Crippen LogP contribution in [0.5, 0.6) is 0 Å². The van der Waals surface area contributed by atoms with Gasteiger partial charge >= 0.3 is 11.8 Å². The van der Waals surface area contributed by atoms with E-state index in [-0.39, 0.29) is 13.1 Å². The summed E-state index contributed by atoms with van der Waals surface area (Å²) in [6.45, 7) is 0.171. The molecule has 0 N–H and O–H groups in total. The van der Waals surface area contributed by atoms with E-state index < -0.39 is 11.8 Å². The Bertz CT molecular complexity index is 2460. The van der Waals surface area contributed by atoms with Crippen LogP contribution in [-0.2, 0) is 22.7 Å². The van der Waals surface area contributed by atoms with Crippen LogP contribution in [0.1, 0.15) is 22.3 Å². The van der Waals surface area contributed by atoms with E-state index in [1.54, 1.807) is 12.4 Å². The second kappa shape index (κ2) is 14.5. The first-order valence-corrected chi connectivity index (χ1v) is 17.2. The topological polar surface area (TPSA) is 65.3 Å². The molecule has 6 heteroatoms. The number of rotatable bonds is 8. The molecular formula is C46H34N4O2. The molecule has 8 rings (SSSR count). The average molecular weight is 675 g/mol. The maximum Gasteiger partial charge on any atom is 0.334 e. The second-order valence-corrected chi connectivity index (χ2v) is 12.6. The zero-order chi connectivity index (χ0) is 35.3. The molecule has 6 nitrogen and oxygen atoms in total. The van der Waals surface area contributed by atoms with E-state index in [2.05, 4.69) is 0 Å². The van der Waals surface area contributed by atoms with Crippen molar-refractivity contribution in [2.75, 3.05) is 0 Å². The van der Waals surface area contributed by atoms with E-state index in [1.165, 1.54) is 10.0 Å². The summed E-state index contributed by atoms with van der Waals surface area (Å²) in [5.41, 5.74) is 3.41. The van der Waals surface area contributed by atoms with Crippen molar-refractivity contribution in [2.24, 2.45) is 10.2 Å². The van der Waals surface area contributed by atoms with E-state index in [0.29, 0.717) is 0 Å². The van der Waals surface area contributed by atoms with Crippen LogP contribution >= 0.6 is 0 Å². The molecule has 0 heterocycles. The molecule has 0 bridgehead atoms. The summed E-state index contributed by atoms with van der Waals surface area (Å²) in [6, 6.07) is 55.8. The number of fused-ring (bicyclic) bond motifs is 4. The fourth-order valence-corrected chi connectivity index (χ4v) is 6.72. The first-order valence-electron chi connectivity index (χ1n) is 17.2. The molecule has 0 aliphatic carbocycles. The molecule has 0 saturated carbocycles. The zero-order valence-corrected chi connectivity index (χ0v) is 28.3. The summed E-state index contributed by atoms with van der Waals surface area (Å²) >= 11 is 0. The van der Waals surface area contributed by atoms with Gasteiger partial charge in [0.25, 0.3) is 0 Å². The predicted octanol–water partition coefficient (Wildman–Crippen LogP) is 9.72. The van der Waals surface area contributed by atoms with E-state index in [4.69, 9.17) is 10.2 Å². The Hall–Kier alpha value is -6.92. The second-order valence-electron chi connectivity index (χ2n) is 12.6. The SMILES string of the molecule is O=C(C(=O)N(Cc1cccc2ccccc12)/N=C/c1cccc2ccccc12)N(Cc1cccc2ccccc12)/N=C/c1cccc2ccccc12. The molecule has 0 radical (unpaired) electrons. The van der Waals surface area contributed by atoms with E-state index in [0.717, 1.165) is 65.3 Å². The quantitative estimate of drug-likeness (QED) is 0.0915. The Morgan fingerprint density at radius 3 is 1.10 bits per heavy atom. The molecule has 0 fully saturated rings. The monoisotopic (exact) mass is 674 g/mol. The Labute approximate surface area is 301 Å². The predicted molar refractivity (Wildman–Crippen MR) is 212 cm³/mol. The summed E-state index contributed by atoms with van der Waals surface area (Å²) in [4.78, 5) is 29.1. The molecule has 0 aliphatic rings. The lowest BCUT2D eigenvalue weighted by Gasteiger charge is -2.22. The lowest BCUT2D eigenvalue weighted by molar-refractivity contribution is -0.152. The van der Waals surface area contributed by atoms with Crippen molar-refractivity contribution in [2.45, 2.75) is 13.1 Å². The minimum atomic E-state index is -0.792. The van der Waals surface area contributed by atoms with Crippen molar-refractivity contribution in [3.8, 4) is 0 Å². The Kier molecular flexibility index (Phi) is 9.01. The molecule has 0 unspecified atom stereocenters. The molecule has 250 valence electrons. The Balaban J connectivity index is 1.20. The van der Waals surface area contributed by atoms with Crippen LogP contribution < -0.4 is 0 Å². The first kappa shape index (κ1) is 32.3. The molecular weight excluding hydrogens is 641 g/mol. The number of hydrogen-bond acceptors (Lipinski definition) is 4. The van der Waals surface area contributed by atoms with Gasteiger partial charge in [-0.25, -0.2) is 10.0 Å². The smallest absolute Gasteiger partial charge is 0.261 e. The van der Waals surface area contributed by atoms with Crippen molar-refractivity contribution in [3.63, 3.8) is 0 Å². The highest BCUT2D eigenvalue weighted by atomic mass is 16.2. The van der Waals surface area contributed by atoms with Crippen molar-refractivity contribution in [1.82, 2.24) is 10.0 Å². The van der Waals surface area contributed by atoms with Crippen molar-refractivity contribution >= 4 is 67.3 Å².